The van der Waals surface area contributed by atoms with Crippen LogP contribution in [0, 0.1) is 0 Å². The maximum atomic E-state index is 12.0. The minimum absolute atomic E-state index is 0.129. The van der Waals surface area contributed by atoms with Gasteiger partial charge in [0, 0.05) is 24.4 Å². The van der Waals surface area contributed by atoms with Crippen LogP contribution in [0.25, 0.3) is 0 Å². The van der Waals surface area contributed by atoms with E-state index >= 15 is 0 Å². The molecule has 0 radical (unpaired) electrons. The van der Waals surface area contributed by atoms with Crippen molar-refractivity contribution in [1.82, 2.24) is 4.90 Å². The fraction of sp³-hybridized carbons (Fsp3) is 0.760. The quantitative estimate of drug-likeness (QED) is 0.236. The van der Waals surface area contributed by atoms with Gasteiger partial charge in [0.15, 0.2) is 6.23 Å². The third-order valence-electron chi connectivity index (χ3n) is 6.26. The van der Waals surface area contributed by atoms with Crippen LogP contribution in [0.1, 0.15) is 90.4 Å². The highest BCUT2D eigenvalue weighted by Gasteiger charge is 2.45. The Labute approximate surface area is 197 Å². The number of unbranched alkanes of at least 4 members (excludes halogenated alkanes) is 10. The van der Waals surface area contributed by atoms with Crippen molar-refractivity contribution < 1.29 is 29.3 Å². The number of amides is 1. The van der Waals surface area contributed by atoms with Crippen molar-refractivity contribution >= 4 is 11.9 Å². The van der Waals surface area contributed by atoms with Crippen LogP contribution in [0.2, 0.25) is 0 Å². The number of ether oxygens (including phenoxy) is 2. The molecule has 0 aliphatic carbocycles. The molecule has 0 aromatic carbocycles. The van der Waals surface area contributed by atoms with Crippen LogP contribution in [0.5, 0.6) is 0 Å². The van der Waals surface area contributed by atoms with E-state index in [1.54, 1.807) is 12.3 Å². The first-order valence-corrected chi connectivity index (χ1v) is 12.6. The van der Waals surface area contributed by atoms with Crippen LogP contribution in [-0.4, -0.2) is 58.1 Å². The molecule has 1 fully saturated rings. The van der Waals surface area contributed by atoms with Gasteiger partial charge in [-0.05, 0) is 12.8 Å². The molecule has 8 nitrogen and oxygen atoms in total. The molecule has 0 saturated carbocycles. The number of rotatable bonds is 16. The molecule has 8 heteroatoms. The van der Waals surface area contributed by atoms with Crippen LogP contribution < -0.4 is 5.73 Å². The number of carbonyl (C=O) groups is 2. The summed E-state index contributed by atoms with van der Waals surface area (Å²) in [7, 11) is 0. The highest BCUT2D eigenvalue weighted by molar-refractivity contribution is 5.92. The number of hydrogen-bond donors (Lipinski definition) is 3. The molecule has 0 bridgehead atoms. The Morgan fingerprint density at radius 1 is 1.03 bits per heavy atom. The molecule has 0 aromatic heterocycles. The van der Waals surface area contributed by atoms with Crippen molar-refractivity contribution in [2.24, 2.45) is 5.73 Å². The van der Waals surface area contributed by atoms with E-state index in [1.165, 1.54) is 62.5 Å². The molecule has 2 heterocycles. The van der Waals surface area contributed by atoms with Gasteiger partial charge in [-0.2, -0.15) is 0 Å². The van der Waals surface area contributed by atoms with Crippen molar-refractivity contribution in [2.45, 2.75) is 115 Å². The molecule has 1 amide bonds. The minimum atomic E-state index is -1.21. The molecule has 33 heavy (non-hydrogen) atoms. The zero-order valence-electron chi connectivity index (χ0n) is 20.0. The SMILES string of the molecule is CCCCCCCCCCCCCC(=O)OCC1O[C@@H](N2C=CCC(C(N)=O)=C2)[C@H](O)[C@@H]1O. The number of primary amides is 1. The topological polar surface area (TPSA) is 122 Å². The van der Waals surface area contributed by atoms with Gasteiger partial charge in [-0.15, -0.1) is 0 Å². The van der Waals surface area contributed by atoms with E-state index in [0.29, 0.717) is 18.4 Å². The molecular formula is C25H42N2O6. The smallest absolute Gasteiger partial charge is 0.305 e. The molecule has 2 aliphatic heterocycles. The average Bonchev–Trinajstić information content (AvgIpc) is 3.10. The second-order valence-corrected chi connectivity index (χ2v) is 9.07. The van der Waals surface area contributed by atoms with Gasteiger partial charge in [0.05, 0.1) is 0 Å². The Kier molecular flexibility index (Phi) is 12.5. The lowest BCUT2D eigenvalue weighted by Gasteiger charge is -2.28. The lowest BCUT2D eigenvalue weighted by molar-refractivity contribution is -0.150. The molecule has 0 spiro atoms. The molecule has 2 aliphatic rings. The standard InChI is InChI=1S/C25H42N2O6/c1-2-3-4-5-6-7-8-9-10-11-12-15-21(28)32-18-20-22(29)23(30)25(33-20)27-16-13-14-19(17-27)24(26)31/h13,16-17,20,22-23,25,29-30H,2-12,14-15,18H2,1H3,(H2,26,31)/t20?,22-,23-,25-/m1/s1. The number of nitrogens with zero attached hydrogens (tertiary/aromatic N) is 1. The summed E-state index contributed by atoms with van der Waals surface area (Å²) in [5, 5.41) is 20.6. The van der Waals surface area contributed by atoms with E-state index in [1.807, 2.05) is 0 Å². The molecule has 2 rings (SSSR count). The number of allylic oxidation sites excluding steroid dienone is 1. The second-order valence-electron chi connectivity index (χ2n) is 9.07. The van der Waals surface area contributed by atoms with Gasteiger partial charge in [0.2, 0.25) is 5.91 Å². The Balaban J connectivity index is 1.58. The van der Waals surface area contributed by atoms with Crippen molar-refractivity contribution in [1.29, 1.82) is 0 Å². The number of nitrogens with two attached hydrogens (primary N) is 1. The Hall–Kier alpha value is -1.90. The molecule has 1 unspecified atom stereocenters. The van der Waals surface area contributed by atoms with E-state index in [0.717, 1.165) is 19.3 Å². The van der Waals surface area contributed by atoms with Gasteiger partial charge in [-0.1, -0.05) is 77.2 Å². The van der Waals surface area contributed by atoms with Crippen molar-refractivity contribution in [2.75, 3.05) is 6.61 Å². The number of esters is 1. The van der Waals surface area contributed by atoms with E-state index in [-0.39, 0.29) is 12.6 Å². The second kappa shape index (κ2) is 15.1. The summed E-state index contributed by atoms with van der Waals surface area (Å²) in [5.41, 5.74) is 5.70. The summed E-state index contributed by atoms with van der Waals surface area (Å²) in [6.07, 6.45) is 14.8. The predicted octanol–water partition coefficient (Wildman–Crippen LogP) is 3.27. The maximum Gasteiger partial charge on any atom is 0.305 e. The molecule has 188 valence electrons. The molecule has 1 saturated heterocycles. The van der Waals surface area contributed by atoms with E-state index in [2.05, 4.69) is 6.92 Å². The fourth-order valence-corrected chi connectivity index (χ4v) is 4.19. The summed E-state index contributed by atoms with van der Waals surface area (Å²) in [6, 6.07) is 0. The first kappa shape index (κ1) is 27.3. The van der Waals surface area contributed by atoms with Crippen LogP contribution in [0.3, 0.4) is 0 Å². The van der Waals surface area contributed by atoms with Gasteiger partial charge >= 0.3 is 5.97 Å². The molecule has 0 aromatic rings. The Morgan fingerprint density at radius 2 is 1.64 bits per heavy atom. The average molecular weight is 467 g/mol. The summed E-state index contributed by atoms with van der Waals surface area (Å²) in [4.78, 5) is 25.0. The first-order chi connectivity index (χ1) is 15.9. The summed E-state index contributed by atoms with van der Waals surface area (Å²) >= 11 is 0. The van der Waals surface area contributed by atoms with Crippen molar-refractivity contribution in [3.8, 4) is 0 Å². The van der Waals surface area contributed by atoms with E-state index in [9.17, 15) is 19.8 Å². The Bertz CT molecular complexity index is 665. The fourth-order valence-electron chi connectivity index (χ4n) is 4.19. The molecular weight excluding hydrogens is 424 g/mol. The summed E-state index contributed by atoms with van der Waals surface area (Å²) in [5.74, 6) is -0.876. The maximum absolute atomic E-state index is 12.0. The lowest BCUT2D eigenvalue weighted by atomic mass is 10.1. The van der Waals surface area contributed by atoms with Gasteiger partial charge in [-0.3, -0.25) is 9.59 Å². The monoisotopic (exact) mass is 466 g/mol. The van der Waals surface area contributed by atoms with E-state index in [4.69, 9.17) is 15.2 Å². The molecule has 4 N–H and O–H groups in total. The van der Waals surface area contributed by atoms with Gasteiger partial charge in [-0.25, -0.2) is 0 Å². The minimum Gasteiger partial charge on any atom is -0.463 e. The third kappa shape index (κ3) is 9.47. The highest BCUT2D eigenvalue weighted by Crippen LogP contribution is 2.27. The number of aliphatic hydroxyl groups is 2. The Morgan fingerprint density at radius 3 is 2.24 bits per heavy atom. The predicted molar refractivity (Wildman–Crippen MR) is 126 cm³/mol. The summed E-state index contributed by atoms with van der Waals surface area (Å²) < 4.78 is 11.0. The van der Waals surface area contributed by atoms with Gasteiger partial charge < -0.3 is 30.3 Å². The van der Waals surface area contributed by atoms with Gasteiger partial charge in [0.25, 0.3) is 0 Å². The normalized spacial score (nSPS) is 24.7. The lowest BCUT2D eigenvalue weighted by Crippen LogP contribution is -2.40. The van der Waals surface area contributed by atoms with Crippen LogP contribution >= 0.6 is 0 Å². The van der Waals surface area contributed by atoms with Crippen LogP contribution in [-0.2, 0) is 19.1 Å². The first-order valence-electron chi connectivity index (χ1n) is 12.6. The van der Waals surface area contributed by atoms with Crippen LogP contribution in [0.4, 0.5) is 0 Å². The largest absolute Gasteiger partial charge is 0.463 e. The zero-order valence-corrected chi connectivity index (χ0v) is 20.0. The summed E-state index contributed by atoms with van der Waals surface area (Å²) in [6.45, 7) is 2.10. The zero-order chi connectivity index (χ0) is 24.1. The van der Waals surface area contributed by atoms with Crippen molar-refractivity contribution in [3.05, 3.63) is 24.0 Å². The molecule has 4 atom stereocenters. The third-order valence-corrected chi connectivity index (χ3v) is 6.26. The van der Waals surface area contributed by atoms with Crippen molar-refractivity contribution in [3.63, 3.8) is 0 Å². The van der Waals surface area contributed by atoms with Gasteiger partial charge in [0.1, 0.15) is 24.9 Å². The van der Waals surface area contributed by atoms with Crippen LogP contribution in [0.15, 0.2) is 24.0 Å². The number of hydrogen-bond acceptors (Lipinski definition) is 7. The number of aliphatic hydroxyl groups excluding tert-OH is 2. The highest BCUT2D eigenvalue weighted by atomic mass is 16.6. The number of carbonyl (C=O) groups excluding carboxylic acids is 2. The van der Waals surface area contributed by atoms with E-state index < -0.39 is 30.4 Å².